The highest BCUT2D eigenvalue weighted by molar-refractivity contribution is 7.04. The van der Waals surface area contributed by atoms with Gasteiger partial charge in [0.25, 0.3) is 0 Å². The first-order chi connectivity index (χ1) is 13.7. The van der Waals surface area contributed by atoms with Gasteiger partial charge in [-0.2, -0.15) is 4.37 Å². The van der Waals surface area contributed by atoms with Crippen molar-refractivity contribution in [2.24, 2.45) is 0 Å². The van der Waals surface area contributed by atoms with Crippen LogP contribution in [-0.4, -0.2) is 32.3 Å². The monoisotopic (exact) mass is 399 g/mol. The van der Waals surface area contributed by atoms with Crippen LogP contribution in [0.1, 0.15) is 19.8 Å². The molecule has 0 bridgehead atoms. The van der Waals surface area contributed by atoms with E-state index in [1.54, 1.807) is 21.3 Å². The van der Waals surface area contributed by atoms with E-state index in [1.165, 1.54) is 11.5 Å². The molecule has 0 saturated carbocycles. The minimum atomic E-state index is 0.619. The molecule has 0 fully saturated rings. The van der Waals surface area contributed by atoms with E-state index >= 15 is 0 Å². The number of methoxy groups -OCH3 is 3. The standard InChI is InChI=1S/C22H25NO4S/c1-5-6-11-27-16-9-7-15(8-10-16)18-14-28-23-22(18)17-12-20(25-3)21(26-4)13-19(17)24-2/h7-10,12-14H,5-6,11H2,1-4H3. The lowest BCUT2D eigenvalue weighted by Crippen LogP contribution is -1.96. The molecule has 5 nitrogen and oxygen atoms in total. The first-order valence-corrected chi connectivity index (χ1v) is 10.0. The molecule has 0 aliphatic rings. The molecular weight excluding hydrogens is 374 g/mol. The molecule has 28 heavy (non-hydrogen) atoms. The van der Waals surface area contributed by atoms with Gasteiger partial charge in [0, 0.05) is 22.6 Å². The average molecular weight is 400 g/mol. The first kappa shape index (κ1) is 20.0. The Morgan fingerprint density at radius 2 is 1.54 bits per heavy atom. The Balaban J connectivity index is 1.96. The Kier molecular flexibility index (Phi) is 6.76. The molecule has 0 aliphatic heterocycles. The van der Waals surface area contributed by atoms with Gasteiger partial charge in [0.2, 0.25) is 0 Å². The fourth-order valence-electron chi connectivity index (χ4n) is 2.92. The van der Waals surface area contributed by atoms with Crippen LogP contribution in [0.25, 0.3) is 22.4 Å². The Morgan fingerprint density at radius 1 is 0.857 bits per heavy atom. The molecule has 0 amide bonds. The zero-order chi connectivity index (χ0) is 19.9. The van der Waals surface area contributed by atoms with Gasteiger partial charge < -0.3 is 18.9 Å². The van der Waals surface area contributed by atoms with Gasteiger partial charge in [-0.1, -0.05) is 25.5 Å². The summed E-state index contributed by atoms with van der Waals surface area (Å²) in [7, 11) is 4.86. The fraction of sp³-hybridized carbons (Fsp3) is 0.318. The largest absolute Gasteiger partial charge is 0.496 e. The highest BCUT2D eigenvalue weighted by Crippen LogP contribution is 2.43. The van der Waals surface area contributed by atoms with E-state index in [0.29, 0.717) is 17.2 Å². The predicted octanol–water partition coefficient (Wildman–Crippen LogP) is 5.68. The molecule has 1 aromatic heterocycles. The van der Waals surface area contributed by atoms with Crippen LogP contribution in [0.15, 0.2) is 41.8 Å². The van der Waals surface area contributed by atoms with Crippen LogP contribution < -0.4 is 18.9 Å². The Hall–Kier alpha value is -2.73. The summed E-state index contributed by atoms with van der Waals surface area (Å²) in [6.07, 6.45) is 2.18. The number of aromatic nitrogens is 1. The minimum absolute atomic E-state index is 0.619. The Morgan fingerprint density at radius 3 is 2.18 bits per heavy atom. The van der Waals surface area contributed by atoms with Crippen LogP contribution >= 0.6 is 11.5 Å². The molecule has 0 radical (unpaired) electrons. The summed E-state index contributed by atoms with van der Waals surface area (Å²) in [6, 6.07) is 11.8. The third kappa shape index (κ3) is 4.22. The quantitative estimate of drug-likeness (QED) is 0.433. The van der Waals surface area contributed by atoms with Crippen molar-refractivity contribution in [1.29, 1.82) is 0 Å². The number of hydrogen-bond donors (Lipinski definition) is 0. The molecule has 148 valence electrons. The maximum atomic E-state index is 5.76. The second-order valence-corrected chi connectivity index (χ2v) is 6.84. The molecule has 3 aromatic rings. The summed E-state index contributed by atoms with van der Waals surface area (Å²) in [5.74, 6) is 2.82. The SMILES string of the molecule is CCCCOc1ccc(-c2csnc2-c2cc(OC)c(OC)cc2OC)cc1. The molecule has 0 saturated heterocycles. The van der Waals surface area contributed by atoms with Crippen molar-refractivity contribution in [2.75, 3.05) is 27.9 Å². The number of hydrogen-bond acceptors (Lipinski definition) is 6. The van der Waals surface area contributed by atoms with Crippen molar-refractivity contribution in [3.8, 4) is 45.4 Å². The van der Waals surface area contributed by atoms with Crippen molar-refractivity contribution < 1.29 is 18.9 Å². The van der Waals surface area contributed by atoms with Gasteiger partial charge in [-0.3, -0.25) is 0 Å². The van der Waals surface area contributed by atoms with Gasteiger partial charge in [0.05, 0.1) is 33.6 Å². The highest BCUT2D eigenvalue weighted by Gasteiger charge is 2.19. The van der Waals surface area contributed by atoms with Gasteiger partial charge in [-0.15, -0.1) is 0 Å². The predicted molar refractivity (Wildman–Crippen MR) is 113 cm³/mol. The molecule has 0 N–H and O–H groups in total. The molecule has 0 unspecified atom stereocenters. The molecule has 1 heterocycles. The van der Waals surface area contributed by atoms with E-state index in [4.69, 9.17) is 18.9 Å². The number of nitrogens with zero attached hydrogens (tertiary/aromatic N) is 1. The van der Waals surface area contributed by atoms with Crippen LogP contribution in [0.3, 0.4) is 0 Å². The van der Waals surface area contributed by atoms with Crippen molar-refractivity contribution in [1.82, 2.24) is 4.37 Å². The van der Waals surface area contributed by atoms with Gasteiger partial charge >= 0.3 is 0 Å². The molecule has 2 aromatic carbocycles. The normalized spacial score (nSPS) is 10.6. The second kappa shape index (κ2) is 9.46. The molecule has 6 heteroatoms. The summed E-state index contributed by atoms with van der Waals surface area (Å²) in [5.41, 5.74) is 3.82. The number of benzene rings is 2. The number of rotatable bonds is 9. The van der Waals surface area contributed by atoms with Crippen LogP contribution in [0.2, 0.25) is 0 Å². The smallest absolute Gasteiger partial charge is 0.164 e. The topological polar surface area (TPSA) is 49.8 Å². The molecule has 0 spiro atoms. The van der Waals surface area contributed by atoms with E-state index < -0.39 is 0 Å². The van der Waals surface area contributed by atoms with Crippen LogP contribution in [0.4, 0.5) is 0 Å². The lowest BCUT2D eigenvalue weighted by Gasteiger charge is -2.14. The number of ether oxygens (including phenoxy) is 4. The highest BCUT2D eigenvalue weighted by atomic mass is 32.1. The molecular formula is C22H25NO4S. The average Bonchev–Trinajstić information content (AvgIpc) is 3.23. The summed E-state index contributed by atoms with van der Waals surface area (Å²) < 4.78 is 26.8. The van der Waals surface area contributed by atoms with Crippen LogP contribution in [0.5, 0.6) is 23.0 Å². The second-order valence-electron chi connectivity index (χ2n) is 6.21. The third-order valence-electron chi connectivity index (χ3n) is 4.46. The van der Waals surface area contributed by atoms with Crippen molar-refractivity contribution >= 4 is 11.5 Å². The van der Waals surface area contributed by atoms with E-state index in [1.807, 2.05) is 29.6 Å². The summed E-state index contributed by atoms with van der Waals surface area (Å²) in [4.78, 5) is 0. The Bertz CT molecular complexity index is 905. The van der Waals surface area contributed by atoms with E-state index in [2.05, 4.69) is 23.4 Å². The molecule has 0 aliphatic carbocycles. The van der Waals surface area contributed by atoms with E-state index in [0.717, 1.165) is 47.6 Å². The summed E-state index contributed by atoms with van der Waals surface area (Å²) >= 11 is 1.41. The summed E-state index contributed by atoms with van der Waals surface area (Å²) in [6.45, 7) is 2.89. The van der Waals surface area contributed by atoms with Crippen LogP contribution in [-0.2, 0) is 0 Å². The van der Waals surface area contributed by atoms with Gasteiger partial charge in [0.15, 0.2) is 11.5 Å². The zero-order valence-corrected chi connectivity index (χ0v) is 17.5. The fourth-order valence-corrected chi connectivity index (χ4v) is 3.62. The zero-order valence-electron chi connectivity index (χ0n) is 16.7. The van der Waals surface area contributed by atoms with Gasteiger partial charge in [-0.25, -0.2) is 0 Å². The maximum absolute atomic E-state index is 5.76. The van der Waals surface area contributed by atoms with Crippen molar-refractivity contribution in [3.63, 3.8) is 0 Å². The minimum Gasteiger partial charge on any atom is -0.496 e. The lowest BCUT2D eigenvalue weighted by atomic mass is 10.0. The molecule has 0 atom stereocenters. The van der Waals surface area contributed by atoms with Crippen molar-refractivity contribution in [3.05, 3.63) is 41.8 Å². The van der Waals surface area contributed by atoms with E-state index in [9.17, 15) is 0 Å². The number of unbranched alkanes of at least 4 members (excludes halogenated alkanes) is 1. The maximum Gasteiger partial charge on any atom is 0.164 e. The van der Waals surface area contributed by atoms with E-state index in [-0.39, 0.29) is 0 Å². The first-order valence-electron chi connectivity index (χ1n) is 9.19. The van der Waals surface area contributed by atoms with Gasteiger partial charge in [-0.05, 0) is 41.7 Å². The summed E-state index contributed by atoms with van der Waals surface area (Å²) in [5, 5.41) is 2.04. The van der Waals surface area contributed by atoms with Crippen LogP contribution in [0, 0.1) is 0 Å². The van der Waals surface area contributed by atoms with Crippen molar-refractivity contribution in [2.45, 2.75) is 19.8 Å². The third-order valence-corrected chi connectivity index (χ3v) is 5.09. The molecule has 3 rings (SSSR count). The van der Waals surface area contributed by atoms with Gasteiger partial charge in [0.1, 0.15) is 11.5 Å². The Labute approximate surface area is 170 Å². The lowest BCUT2D eigenvalue weighted by molar-refractivity contribution is 0.309.